The lowest BCUT2D eigenvalue weighted by Crippen LogP contribution is -2.27. The highest BCUT2D eigenvalue weighted by Crippen LogP contribution is 2.34. The van der Waals surface area contributed by atoms with Crippen LogP contribution in [0.5, 0.6) is 5.88 Å². The number of ether oxygens (including phenoxy) is 1. The van der Waals surface area contributed by atoms with Crippen LogP contribution in [0.25, 0.3) is 0 Å². The lowest BCUT2D eigenvalue weighted by Gasteiger charge is -2.22. The largest absolute Gasteiger partial charge is 0.473 e. The summed E-state index contributed by atoms with van der Waals surface area (Å²) in [4.78, 5) is 8.37. The summed E-state index contributed by atoms with van der Waals surface area (Å²) >= 11 is 2.01. The molecule has 2 unspecified atom stereocenters. The van der Waals surface area contributed by atoms with Gasteiger partial charge >= 0.3 is 0 Å². The van der Waals surface area contributed by atoms with E-state index in [4.69, 9.17) is 10.5 Å². The van der Waals surface area contributed by atoms with Crippen molar-refractivity contribution in [2.75, 3.05) is 16.8 Å². The molecule has 1 aromatic heterocycles. The molecule has 3 N–H and O–H groups in total. The fourth-order valence-electron chi connectivity index (χ4n) is 2.49. The minimum Gasteiger partial charge on any atom is -0.473 e. The van der Waals surface area contributed by atoms with Gasteiger partial charge in [0.15, 0.2) is 5.82 Å². The number of thioether (sulfide) groups is 1. The Hall–Kier alpha value is -1.17. The van der Waals surface area contributed by atoms with Gasteiger partial charge in [-0.1, -0.05) is 13.3 Å². The van der Waals surface area contributed by atoms with Crippen LogP contribution < -0.4 is 15.8 Å². The second-order valence-electron chi connectivity index (χ2n) is 5.28. The summed E-state index contributed by atoms with van der Waals surface area (Å²) in [5, 5.41) is 4.12. The van der Waals surface area contributed by atoms with E-state index < -0.39 is 0 Å². The number of aromatic nitrogens is 2. The maximum absolute atomic E-state index is 6.11. The van der Waals surface area contributed by atoms with Crippen LogP contribution in [0.2, 0.25) is 0 Å². The molecule has 1 saturated carbocycles. The van der Waals surface area contributed by atoms with E-state index >= 15 is 0 Å². The zero-order valence-electron chi connectivity index (χ0n) is 12.4. The van der Waals surface area contributed by atoms with Gasteiger partial charge in [0.2, 0.25) is 5.88 Å². The third kappa shape index (κ3) is 3.69. The molecule has 2 atom stereocenters. The lowest BCUT2D eigenvalue weighted by atomic mass is 10.2. The zero-order valence-corrected chi connectivity index (χ0v) is 13.2. The predicted octanol–water partition coefficient (Wildman–Crippen LogP) is 2.93. The van der Waals surface area contributed by atoms with Crippen molar-refractivity contribution in [2.24, 2.45) is 0 Å². The summed E-state index contributed by atoms with van der Waals surface area (Å²) in [5.74, 6) is 2.31. The Bertz CT molecular complexity index is 441. The number of rotatable bonds is 6. The third-order valence-corrected chi connectivity index (χ3v) is 4.68. The molecule has 1 aliphatic carbocycles. The molecule has 0 bridgehead atoms. The normalized spacial score (nSPS) is 22.2. The Morgan fingerprint density at radius 3 is 2.95 bits per heavy atom. The number of nitrogens with zero attached hydrogens (tertiary/aromatic N) is 2. The summed E-state index contributed by atoms with van der Waals surface area (Å²) in [6.07, 6.45) is 5.25. The van der Waals surface area contributed by atoms with E-state index in [1.807, 2.05) is 25.6 Å². The van der Waals surface area contributed by atoms with Gasteiger partial charge < -0.3 is 15.8 Å². The first-order valence-corrected chi connectivity index (χ1v) is 8.32. The molecule has 5 nitrogen and oxygen atoms in total. The molecule has 0 amide bonds. The topological polar surface area (TPSA) is 73.1 Å². The quantitative estimate of drug-likeness (QED) is 0.841. The van der Waals surface area contributed by atoms with Gasteiger partial charge in [0.25, 0.3) is 0 Å². The van der Waals surface area contributed by atoms with Gasteiger partial charge in [0.05, 0.1) is 6.10 Å². The summed E-state index contributed by atoms with van der Waals surface area (Å²) in [6, 6.07) is 0.434. The molecule has 0 saturated heterocycles. The number of nitrogens with two attached hydrogens (primary N) is 1. The van der Waals surface area contributed by atoms with Crippen molar-refractivity contribution in [3.8, 4) is 5.88 Å². The van der Waals surface area contributed by atoms with Gasteiger partial charge in [-0.15, -0.1) is 0 Å². The third-order valence-electron chi connectivity index (χ3n) is 3.35. The van der Waals surface area contributed by atoms with Crippen LogP contribution in [0.3, 0.4) is 0 Å². The number of anilines is 2. The number of hydrogen-bond donors (Lipinski definition) is 2. The predicted molar refractivity (Wildman–Crippen MR) is 85.4 cm³/mol. The molecule has 0 spiro atoms. The van der Waals surface area contributed by atoms with Crippen LogP contribution in [-0.4, -0.2) is 33.1 Å². The van der Waals surface area contributed by atoms with Crippen LogP contribution in [0.1, 0.15) is 40.0 Å². The van der Waals surface area contributed by atoms with Gasteiger partial charge in [-0.2, -0.15) is 16.7 Å². The van der Waals surface area contributed by atoms with E-state index in [1.54, 1.807) is 0 Å². The van der Waals surface area contributed by atoms with E-state index in [1.165, 1.54) is 25.6 Å². The SMILES string of the molecule is CCSC1CCCC1Nc1ncnc(OC(C)C)c1N. The fourth-order valence-corrected chi connectivity index (χ4v) is 3.69. The summed E-state index contributed by atoms with van der Waals surface area (Å²) in [6.45, 7) is 6.12. The molecule has 1 fully saturated rings. The average Bonchev–Trinajstić information content (AvgIpc) is 2.82. The van der Waals surface area contributed by atoms with Crippen LogP contribution >= 0.6 is 11.8 Å². The maximum atomic E-state index is 6.11. The minimum absolute atomic E-state index is 0.0509. The van der Waals surface area contributed by atoms with E-state index in [0.717, 1.165) is 5.75 Å². The maximum Gasteiger partial charge on any atom is 0.242 e. The standard InChI is InChI=1S/C14H24N4OS/c1-4-20-11-7-5-6-10(11)18-13-12(15)14(17-8-16-13)19-9(2)3/h8-11H,4-7,15H2,1-3H3,(H,16,17,18). The molecule has 0 radical (unpaired) electrons. The highest BCUT2D eigenvalue weighted by molar-refractivity contribution is 7.99. The Morgan fingerprint density at radius 2 is 2.25 bits per heavy atom. The highest BCUT2D eigenvalue weighted by Gasteiger charge is 2.28. The van der Waals surface area contributed by atoms with Crippen LogP contribution in [0, 0.1) is 0 Å². The molecule has 20 heavy (non-hydrogen) atoms. The van der Waals surface area contributed by atoms with E-state index in [9.17, 15) is 0 Å². The van der Waals surface area contributed by atoms with Crippen molar-refractivity contribution in [2.45, 2.75) is 57.4 Å². The van der Waals surface area contributed by atoms with Crippen LogP contribution in [0.15, 0.2) is 6.33 Å². The molecule has 112 valence electrons. The molecule has 0 aromatic carbocycles. The number of hydrogen-bond acceptors (Lipinski definition) is 6. The summed E-state index contributed by atoms with van der Waals surface area (Å²) < 4.78 is 5.60. The van der Waals surface area contributed by atoms with Crippen molar-refractivity contribution in [1.29, 1.82) is 0 Å². The van der Waals surface area contributed by atoms with Gasteiger partial charge in [-0.3, -0.25) is 0 Å². The van der Waals surface area contributed by atoms with Gasteiger partial charge in [-0.25, -0.2) is 4.98 Å². The minimum atomic E-state index is 0.0509. The van der Waals surface area contributed by atoms with Crippen LogP contribution in [0.4, 0.5) is 11.5 Å². The summed E-state index contributed by atoms with van der Waals surface area (Å²) in [7, 11) is 0. The van der Waals surface area contributed by atoms with Crippen molar-refractivity contribution in [3.05, 3.63) is 6.33 Å². The number of nitrogens with one attached hydrogen (secondary N) is 1. The van der Waals surface area contributed by atoms with Gasteiger partial charge in [0, 0.05) is 11.3 Å². The first-order chi connectivity index (χ1) is 9.61. The molecule has 6 heteroatoms. The molecule has 0 aliphatic heterocycles. The van der Waals surface area contributed by atoms with Crippen molar-refractivity contribution < 1.29 is 4.74 Å². The fraction of sp³-hybridized carbons (Fsp3) is 0.714. The van der Waals surface area contributed by atoms with Gasteiger partial charge in [0.1, 0.15) is 12.0 Å². The molecule has 2 rings (SSSR count). The Kier molecular flexibility index (Phi) is 5.34. The monoisotopic (exact) mass is 296 g/mol. The Labute approximate surface area is 125 Å². The first kappa shape index (κ1) is 15.2. The highest BCUT2D eigenvalue weighted by atomic mass is 32.2. The number of nitrogen functional groups attached to an aromatic ring is 1. The molecule has 1 aliphatic rings. The zero-order chi connectivity index (χ0) is 14.5. The smallest absolute Gasteiger partial charge is 0.242 e. The van der Waals surface area contributed by atoms with E-state index in [2.05, 4.69) is 22.2 Å². The lowest BCUT2D eigenvalue weighted by molar-refractivity contribution is 0.234. The second-order valence-corrected chi connectivity index (χ2v) is 6.80. The summed E-state index contributed by atoms with van der Waals surface area (Å²) in [5.41, 5.74) is 6.62. The molecular formula is C14H24N4OS. The van der Waals surface area contributed by atoms with Gasteiger partial charge in [-0.05, 0) is 32.4 Å². The van der Waals surface area contributed by atoms with E-state index in [0.29, 0.717) is 28.7 Å². The second kappa shape index (κ2) is 7.02. The Morgan fingerprint density at radius 1 is 1.45 bits per heavy atom. The first-order valence-electron chi connectivity index (χ1n) is 7.27. The van der Waals surface area contributed by atoms with Crippen molar-refractivity contribution >= 4 is 23.3 Å². The average molecular weight is 296 g/mol. The van der Waals surface area contributed by atoms with Crippen molar-refractivity contribution in [1.82, 2.24) is 9.97 Å². The Balaban J connectivity index is 2.09. The molecular weight excluding hydrogens is 272 g/mol. The van der Waals surface area contributed by atoms with Crippen LogP contribution in [-0.2, 0) is 0 Å². The molecule has 1 heterocycles. The molecule has 1 aromatic rings. The van der Waals surface area contributed by atoms with E-state index in [-0.39, 0.29) is 6.10 Å². The van der Waals surface area contributed by atoms with Crippen molar-refractivity contribution in [3.63, 3.8) is 0 Å².